The first-order chi connectivity index (χ1) is 10.5. The smallest absolute Gasteiger partial charge is 0.251 e. The fourth-order valence-electron chi connectivity index (χ4n) is 1.78. The van der Waals surface area contributed by atoms with E-state index in [4.69, 9.17) is 0 Å². The van der Waals surface area contributed by atoms with Gasteiger partial charge in [-0.15, -0.1) is 11.3 Å². The molecular weight excluding hydrogens is 432 g/mol. The average Bonchev–Trinajstić information content (AvgIpc) is 2.89. The quantitative estimate of drug-likeness (QED) is 0.763. The number of benzene rings is 1. The molecule has 0 aliphatic heterocycles. The minimum Gasteiger partial charge on any atom is -0.343 e. The molecule has 0 saturated heterocycles. The van der Waals surface area contributed by atoms with E-state index in [9.17, 15) is 9.59 Å². The molecule has 2 amide bonds. The van der Waals surface area contributed by atoms with Crippen molar-refractivity contribution in [2.75, 3.05) is 13.6 Å². The van der Waals surface area contributed by atoms with Gasteiger partial charge in [0.15, 0.2) is 0 Å². The summed E-state index contributed by atoms with van der Waals surface area (Å²) >= 11 is 8.30. The van der Waals surface area contributed by atoms with Crippen LogP contribution in [-0.4, -0.2) is 30.3 Å². The number of carbonyl (C=O) groups is 2. The third kappa shape index (κ3) is 4.93. The third-order valence-corrected chi connectivity index (χ3v) is 5.04. The minimum atomic E-state index is -0.262. The van der Waals surface area contributed by atoms with Crippen LogP contribution < -0.4 is 5.32 Å². The highest BCUT2D eigenvalue weighted by molar-refractivity contribution is 9.11. The summed E-state index contributed by atoms with van der Waals surface area (Å²) in [5, 5.41) is 2.64. The van der Waals surface area contributed by atoms with Gasteiger partial charge in [0.25, 0.3) is 5.91 Å². The molecule has 1 heterocycles. The molecule has 1 aromatic heterocycles. The van der Waals surface area contributed by atoms with Gasteiger partial charge in [-0.3, -0.25) is 9.59 Å². The number of rotatable bonds is 5. The summed E-state index contributed by atoms with van der Waals surface area (Å²) in [5.41, 5.74) is 0.520. The van der Waals surface area contributed by atoms with Crippen LogP contribution in [0.1, 0.15) is 15.2 Å². The maximum Gasteiger partial charge on any atom is 0.251 e. The van der Waals surface area contributed by atoms with Crippen LogP contribution in [0.2, 0.25) is 0 Å². The molecule has 0 spiro atoms. The Balaban J connectivity index is 1.85. The molecule has 1 N–H and O–H groups in total. The lowest BCUT2D eigenvalue weighted by Crippen LogP contribution is -2.37. The molecule has 0 saturated carbocycles. The molecule has 0 atom stereocenters. The number of hydrogen-bond donors (Lipinski definition) is 1. The van der Waals surface area contributed by atoms with Crippen LogP contribution in [0.25, 0.3) is 0 Å². The lowest BCUT2D eigenvalue weighted by atomic mass is 10.2. The van der Waals surface area contributed by atoms with Crippen LogP contribution in [0, 0.1) is 0 Å². The minimum absolute atomic E-state index is 0.0195. The lowest BCUT2D eigenvalue weighted by molar-refractivity contribution is -0.129. The van der Waals surface area contributed by atoms with E-state index in [0.717, 1.165) is 13.1 Å². The van der Waals surface area contributed by atoms with Gasteiger partial charge in [0, 0.05) is 22.0 Å². The van der Waals surface area contributed by atoms with E-state index < -0.39 is 0 Å². The third-order valence-electron chi connectivity index (χ3n) is 2.93. The normalized spacial score (nSPS) is 10.3. The summed E-state index contributed by atoms with van der Waals surface area (Å²) in [7, 11) is 1.72. The zero-order valence-electron chi connectivity index (χ0n) is 11.8. The van der Waals surface area contributed by atoms with Crippen molar-refractivity contribution in [3.8, 4) is 0 Å². The topological polar surface area (TPSA) is 49.4 Å². The molecule has 2 rings (SSSR count). The Morgan fingerprint density at radius 2 is 2.00 bits per heavy atom. The Bertz CT molecular complexity index is 688. The van der Waals surface area contributed by atoms with Gasteiger partial charge in [0.2, 0.25) is 5.91 Å². The Morgan fingerprint density at radius 1 is 1.23 bits per heavy atom. The molecule has 0 radical (unpaired) electrons. The molecule has 0 aliphatic rings. The standard InChI is InChI=1S/C15H14Br2N2O2S/c1-19(9-12-5-6-13(17)22-12)14(20)8-18-15(21)10-3-2-4-11(16)7-10/h2-7H,8-9H2,1H3,(H,18,21). The molecule has 0 unspecified atom stereocenters. The van der Waals surface area contributed by atoms with Crippen LogP contribution in [-0.2, 0) is 11.3 Å². The van der Waals surface area contributed by atoms with Crippen molar-refractivity contribution in [2.24, 2.45) is 0 Å². The second-order valence-electron chi connectivity index (χ2n) is 4.65. The van der Waals surface area contributed by atoms with Crippen molar-refractivity contribution in [1.82, 2.24) is 10.2 Å². The maximum atomic E-state index is 12.1. The van der Waals surface area contributed by atoms with Crippen LogP contribution in [0.4, 0.5) is 0 Å². The number of nitrogens with zero attached hydrogens (tertiary/aromatic N) is 1. The van der Waals surface area contributed by atoms with Crippen LogP contribution in [0.15, 0.2) is 44.7 Å². The highest BCUT2D eigenvalue weighted by atomic mass is 79.9. The molecule has 22 heavy (non-hydrogen) atoms. The SMILES string of the molecule is CN(Cc1ccc(Br)s1)C(=O)CNC(=O)c1cccc(Br)c1. The van der Waals surface area contributed by atoms with Gasteiger partial charge in [-0.25, -0.2) is 0 Å². The van der Waals surface area contributed by atoms with Gasteiger partial charge in [0.05, 0.1) is 16.9 Å². The molecule has 116 valence electrons. The Morgan fingerprint density at radius 3 is 2.64 bits per heavy atom. The van der Waals surface area contributed by atoms with Gasteiger partial charge in [-0.05, 0) is 46.3 Å². The van der Waals surface area contributed by atoms with Crippen molar-refractivity contribution >= 4 is 55.0 Å². The number of thiophene rings is 1. The van der Waals surface area contributed by atoms with Crippen molar-refractivity contribution in [2.45, 2.75) is 6.54 Å². The largest absolute Gasteiger partial charge is 0.343 e. The molecule has 4 nitrogen and oxygen atoms in total. The van der Waals surface area contributed by atoms with Crippen molar-refractivity contribution < 1.29 is 9.59 Å². The van der Waals surface area contributed by atoms with Gasteiger partial charge in [-0.1, -0.05) is 22.0 Å². The number of nitrogens with one attached hydrogen (secondary N) is 1. The number of amides is 2. The Kier molecular flexibility index (Phi) is 6.16. The van der Waals surface area contributed by atoms with Gasteiger partial charge in [0.1, 0.15) is 0 Å². The fraction of sp³-hybridized carbons (Fsp3) is 0.200. The molecule has 7 heteroatoms. The van der Waals surface area contributed by atoms with Crippen molar-refractivity contribution in [3.05, 3.63) is 55.1 Å². The Labute approximate surface area is 149 Å². The average molecular weight is 446 g/mol. The first-order valence-corrected chi connectivity index (χ1v) is 8.88. The zero-order valence-corrected chi connectivity index (χ0v) is 15.8. The summed E-state index contributed by atoms with van der Waals surface area (Å²) in [4.78, 5) is 26.7. The molecule has 0 aliphatic carbocycles. The first-order valence-electron chi connectivity index (χ1n) is 6.47. The highest BCUT2D eigenvalue weighted by Gasteiger charge is 2.13. The first kappa shape index (κ1) is 17.2. The van der Waals surface area contributed by atoms with E-state index in [1.807, 2.05) is 18.2 Å². The van der Waals surface area contributed by atoms with E-state index in [1.165, 1.54) is 0 Å². The second-order valence-corrected chi connectivity index (χ2v) is 8.11. The number of hydrogen-bond acceptors (Lipinski definition) is 3. The number of halogens is 2. The molecule has 0 fully saturated rings. The summed E-state index contributed by atoms with van der Waals surface area (Å²) < 4.78 is 1.86. The second kappa shape index (κ2) is 7.89. The molecule has 2 aromatic rings. The summed E-state index contributed by atoms with van der Waals surface area (Å²) in [5.74, 6) is -0.394. The van der Waals surface area contributed by atoms with Crippen LogP contribution in [0.3, 0.4) is 0 Å². The van der Waals surface area contributed by atoms with Crippen molar-refractivity contribution in [3.63, 3.8) is 0 Å². The molecule has 1 aromatic carbocycles. The fourth-order valence-corrected chi connectivity index (χ4v) is 3.72. The van der Waals surface area contributed by atoms with Crippen molar-refractivity contribution in [1.29, 1.82) is 0 Å². The lowest BCUT2D eigenvalue weighted by Gasteiger charge is -2.16. The Hall–Kier alpha value is -1.18. The number of likely N-dealkylation sites (N-methyl/N-ethyl adjacent to an activating group) is 1. The van der Waals surface area contributed by atoms with E-state index in [-0.39, 0.29) is 18.4 Å². The van der Waals surface area contributed by atoms with Crippen LogP contribution >= 0.6 is 43.2 Å². The number of carbonyl (C=O) groups excluding carboxylic acids is 2. The van der Waals surface area contributed by atoms with Gasteiger partial charge >= 0.3 is 0 Å². The maximum absolute atomic E-state index is 12.1. The van der Waals surface area contributed by atoms with Gasteiger partial charge < -0.3 is 10.2 Å². The monoisotopic (exact) mass is 444 g/mol. The van der Waals surface area contributed by atoms with Crippen LogP contribution in [0.5, 0.6) is 0 Å². The summed E-state index contributed by atoms with van der Waals surface area (Å²) in [6.07, 6.45) is 0. The predicted molar refractivity (Wildman–Crippen MR) is 95.0 cm³/mol. The zero-order chi connectivity index (χ0) is 16.1. The summed E-state index contributed by atoms with van der Waals surface area (Å²) in [6, 6.07) is 11.0. The highest BCUT2D eigenvalue weighted by Crippen LogP contribution is 2.22. The predicted octanol–water partition coefficient (Wildman–Crippen LogP) is 3.66. The molecular formula is C15H14Br2N2O2S. The van der Waals surface area contributed by atoms with E-state index in [2.05, 4.69) is 37.2 Å². The summed E-state index contributed by atoms with van der Waals surface area (Å²) in [6.45, 7) is 0.510. The van der Waals surface area contributed by atoms with E-state index in [0.29, 0.717) is 12.1 Å². The van der Waals surface area contributed by atoms with Gasteiger partial charge in [-0.2, -0.15) is 0 Å². The van der Waals surface area contributed by atoms with E-state index >= 15 is 0 Å². The van der Waals surface area contributed by atoms with E-state index in [1.54, 1.807) is 41.5 Å². The molecule has 0 bridgehead atoms.